The number of hydrogen-bond acceptors (Lipinski definition) is 4. The van der Waals surface area contributed by atoms with E-state index in [1.807, 2.05) is 38.1 Å². The molecule has 1 aromatic carbocycles. The number of nitrogens with zero attached hydrogens (tertiary/aromatic N) is 2. The summed E-state index contributed by atoms with van der Waals surface area (Å²) < 4.78 is 11.2. The Morgan fingerprint density at radius 3 is 2.83 bits per heavy atom. The van der Waals surface area contributed by atoms with Crippen LogP contribution < -0.4 is 0 Å². The van der Waals surface area contributed by atoms with Crippen LogP contribution in [0.2, 0.25) is 5.02 Å². The van der Waals surface area contributed by atoms with Gasteiger partial charge in [0.15, 0.2) is 5.76 Å². The molecule has 1 amide bonds. The van der Waals surface area contributed by atoms with Gasteiger partial charge in [0.1, 0.15) is 11.7 Å². The molecular weight excluding hydrogens is 328 g/mol. The summed E-state index contributed by atoms with van der Waals surface area (Å²) in [5.74, 6) is 0.682. The van der Waals surface area contributed by atoms with Gasteiger partial charge >= 0.3 is 0 Å². The van der Waals surface area contributed by atoms with E-state index in [0.29, 0.717) is 41.7 Å². The Morgan fingerprint density at radius 1 is 1.38 bits per heavy atom. The Kier molecular flexibility index (Phi) is 4.92. The zero-order valence-corrected chi connectivity index (χ0v) is 14.8. The molecule has 24 heavy (non-hydrogen) atoms. The van der Waals surface area contributed by atoms with Crippen LogP contribution in [0, 0.1) is 6.92 Å². The van der Waals surface area contributed by atoms with E-state index in [4.69, 9.17) is 20.9 Å². The number of aryl methyl sites for hydroxylation is 1. The Labute approximate surface area is 146 Å². The Balaban J connectivity index is 1.84. The first kappa shape index (κ1) is 17.0. The Bertz CT molecular complexity index is 742. The fraction of sp³-hybridized carbons (Fsp3) is 0.444. The number of carbonyl (C=O) groups excluding carboxylic acids is 1. The normalized spacial score (nSPS) is 18.2. The maximum absolute atomic E-state index is 13.0. The van der Waals surface area contributed by atoms with Gasteiger partial charge in [0, 0.05) is 23.0 Å². The lowest BCUT2D eigenvalue weighted by Crippen LogP contribution is -2.42. The first-order valence-corrected chi connectivity index (χ1v) is 8.48. The summed E-state index contributed by atoms with van der Waals surface area (Å²) in [7, 11) is 0. The topological polar surface area (TPSA) is 55.6 Å². The molecule has 0 aliphatic carbocycles. The van der Waals surface area contributed by atoms with Crippen molar-refractivity contribution in [1.29, 1.82) is 0 Å². The number of halogens is 1. The lowest BCUT2D eigenvalue weighted by Gasteiger charge is -2.33. The number of hydrogen-bond donors (Lipinski definition) is 0. The van der Waals surface area contributed by atoms with Gasteiger partial charge in [-0.15, -0.1) is 0 Å². The summed E-state index contributed by atoms with van der Waals surface area (Å²) in [6.07, 6.45) is -0.223. The standard InChI is InChI=1S/C18H21ClN2O3/c1-11(2)17-16(12(3)20-24-17)18(22)21-8-9-23-15(10-21)13-6-4-5-7-14(13)19/h4-7,11,15H,8-10H2,1-3H3. The van der Waals surface area contributed by atoms with Gasteiger partial charge in [-0.05, 0) is 13.0 Å². The lowest BCUT2D eigenvalue weighted by atomic mass is 10.0. The van der Waals surface area contributed by atoms with Crippen LogP contribution in [0.3, 0.4) is 0 Å². The van der Waals surface area contributed by atoms with Crippen LogP contribution in [0.25, 0.3) is 0 Å². The van der Waals surface area contributed by atoms with E-state index < -0.39 is 0 Å². The molecule has 6 heteroatoms. The highest BCUT2D eigenvalue weighted by atomic mass is 35.5. The minimum atomic E-state index is -0.223. The van der Waals surface area contributed by atoms with Crippen LogP contribution in [0.4, 0.5) is 0 Å². The maximum Gasteiger partial charge on any atom is 0.259 e. The molecule has 1 unspecified atom stereocenters. The third-order valence-electron chi connectivity index (χ3n) is 4.23. The van der Waals surface area contributed by atoms with Gasteiger partial charge < -0.3 is 14.2 Å². The van der Waals surface area contributed by atoms with Crippen LogP contribution in [-0.2, 0) is 4.74 Å². The largest absolute Gasteiger partial charge is 0.370 e. The summed E-state index contributed by atoms with van der Waals surface area (Å²) in [5.41, 5.74) is 2.11. The predicted octanol–water partition coefficient (Wildman–Crippen LogP) is 3.97. The molecule has 0 saturated carbocycles. The molecule has 1 saturated heterocycles. The fourth-order valence-electron chi connectivity index (χ4n) is 2.96. The van der Waals surface area contributed by atoms with Gasteiger partial charge in [-0.3, -0.25) is 4.79 Å². The van der Waals surface area contributed by atoms with E-state index in [2.05, 4.69) is 5.16 Å². The van der Waals surface area contributed by atoms with Gasteiger partial charge in [0.25, 0.3) is 5.91 Å². The van der Waals surface area contributed by atoms with Crippen LogP contribution in [0.15, 0.2) is 28.8 Å². The monoisotopic (exact) mass is 348 g/mol. The van der Waals surface area contributed by atoms with Gasteiger partial charge in [-0.1, -0.05) is 48.8 Å². The van der Waals surface area contributed by atoms with Crippen molar-refractivity contribution < 1.29 is 14.1 Å². The van der Waals surface area contributed by atoms with Gasteiger partial charge in [0.05, 0.1) is 18.8 Å². The predicted molar refractivity (Wildman–Crippen MR) is 91.4 cm³/mol. The summed E-state index contributed by atoms with van der Waals surface area (Å²) >= 11 is 6.27. The number of rotatable bonds is 3. The number of benzene rings is 1. The molecule has 2 heterocycles. The van der Waals surface area contributed by atoms with E-state index in [1.54, 1.807) is 11.8 Å². The van der Waals surface area contributed by atoms with E-state index in [0.717, 1.165) is 5.56 Å². The van der Waals surface area contributed by atoms with Crippen LogP contribution >= 0.6 is 11.6 Å². The number of ether oxygens (including phenoxy) is 1. The minimum absolute atomic E-state index is 0.0576. The maximum atomic E-state index is 13.0. The molecule has 3 rings (SSSR count). The third kappa shape index (κ3) is 3.19. The molecule has 0 N–H and O–H groups in total. The zero-order valence-electron chi connectivity index (χ0n) is 14.1. The van der Waals surface area contributed by atoms with Crippen molar-refractivity contribution in [3.63, 3.8) is 0 Å². The molecule has 1 aliphatic heterocycles. The van der Waals surface area contributed by atoms with Crippen molar-refractivity contribution in [1.82, 2.24) is 10.1 Å². The molecule has 128 valence electrons. The van der Waals surface area contributed by atoms with Crippen molar-refractivity contribution in [2.75, 3.05) is 19.7 Å². The average molecular weight is 349 g/mol. The zero-order chi connectivity index (χ0) is 17.3. The molecule has 1 atom stereocenters. The first-order valence-electron chi connectivity index (χ1n) is 8.10. The van der Waals surface area contributed by atoms with E-state index >= 15 is 0 Å². The number of carbonyl (C=O) groups is 1. The second kappa shape index (κ2) is 6.95. The van der Waals surface area contributed by atoms with Gasteiger partial charge in [0.2, 0.25) is 0 Å². The van der Waals surface area contributed by atoms with Crippen molar-refractivity contribution in [2.24, 2.45) is 0 Å². The average Bonchev–Trinajstić information content (AvgIpc) is 2.96. The quantitative estimate of drug-likeness (QED) is 0.842. The number of amides is 1. The number of aromatic nitrogens is 1. The van der Waals surface area contributed by atoms with E-state index in [1.165, 1.54) is 0 Å². The molecule has 5 nitrogen and oxygen atoms in total. The molecule has 1 aromatic heterocycles. The van der Waals surface area contributed by atoms with Crippen LogP contribution in [-0.4, -0.2) is 35.7 Å². The van der Waals surface area contributed by atoms with Crippen LogP contribution in [0.5, 0.6) is 0 Å². The highest BCUT2D eigenvalue weighted by Crippen LogP contribution is 2.30. The summed E-state index contributed by atoms with van der Waals surface area (Å²) in [4.78, 5) is 14.8. The highest BCUT2D eigenvalue weighted by molar-refractivity contribution is 6.31. The second-order valence-electron chi connectivity index (χ2n) is 6.29. The van der Waals surface area contributed by atoms with Crippen molar-refractivity contribution >= 4 is 17.5 Å². The summed E-state index contributed by atoms with van der Waals surface area (Å²) in [6.45, 7) is 7.26. The highest BCUT2D eigenvalue weighted by Gasteiger charge is 2.31. The van der Waals surface area contributed by atoms with E-state index in [9.17, 15) is 4.79 Å². The molecular formula is C18H21ClN2O3. The third-order valence-corrected chi connectivity index (χ3v) is 4.58. The van der Waals surface area contributed by atoms with Crippen LogP contribution in [0.1, 0.15) is 53.2 Å². The minimum Gasteiger partial charge on any atom is -0.370 e. The lowest BCUT2D eigenvalue weighted by molar-refractivity contribution is -0.0228. The van der Waals surface area contributed by atoms with Crippen molar-refractivity contribution in [3.05, 3.63) is 51.9 Å². The van der Waals surface area contributed by atoms with Gasteiger partial charge in [-0.25, -0.2) is 0 Å². The fourth-order valence-corrected chi connectivity index (χ4v) is 3.22. The van der Waals surface area contributed by atoms with Crippen molar-refractivity contribution in [3.8, 4) is 0 Å². The molecule has 1 fully saturated rings. The SMILES string of the molecule is Cc1noc(C(C)C)c1C(=O)N1CCOC(c2ccccc2Cl)C1. The summed E-state index contributed by atoms with van der Waals surface area (Å²) in [6, 6.07) is 7.58. The molecule has 0 bridgehead atoms. The van der Waals surface area contributed by atoms with Crippen molar-refractivity contribution in [2.45, 2.75) is 32.8 Å². The van der Waals surface area contributed by atoms with Gasteiger partial charge in [-0.2, -0.15) is 0 Å². The smallest absolute Gasteiger partial charge is 0.259 e. The molecule has 0 spiro atoms. The Hall–Kier alpha value is -1.85. The molecule has 1 aliphatic rings. The molecule has 0 radical (unpaired) electrons. The number of morpholine rings is 1. The van der Waals surface area contributed by atoms with E-state index in [-0.39, 0.29) is 17.9 Å². The Morgan fingerprint density at radius 2 is 2.12 bits per heavy atom. The first-order chi connectivity index (χ1) is 11.5. The molecule has 2 aromatic rings. The summed E-state index contributed by atoms with van der Waals surface area (Å²) in [5, 5.41) is 4.62. The second-order valence-corrected chi connectivity index (χ2v) is 6.70.